The molecule has 10 rings (SSSR count). The second-order valence-corrected chi connectivity index (χ2v) is 35.3. The number of carboxylic acids is 1. The molecule has 0 amide bonds. The van der Waals surface area contributed by atoms with Gasteiger partial charge in [0.1, 0.15) is 0 Å². The summed E-state index contributed by atoms with van der Waals surface area (Å²) in [6.07, 6.45) is 0. The average molecular weight is 300 g/mol. The van der Waals surface area contributed by atoms with Gasteiger partial charge in [-0.25, -0.2) is 0 Å². The SMILES string of the molecule is C[C]12[C]3(C)[C]4(C)[C]5(C)[C]1(C)[Fe]23451678[CH]2[CH]1[CH]6[C]7(C(=O)O)[CH]28. The Kier molecular flexibility index (Phi) is 0.233. The normalized spacial score (nSPS) is 127. The predicted octanol–water partition coefficient (Wildman–Crippen LogP) is 4.78. The molecule has 1 spiro atoms. The average Bonchev–Trinajstić information content (AvgIpc) is 3.29. The molecule has 0 bridgehead atoms. The van der Waals surface area contributed by atoms with Gasteiger partial charge in [-0.05, 0) is 0 Å². The number of carbonyl (C=O) groups is 1. The number of carboxylic acid groups (broad SMARTS) is 1. The molecule has 0 aromatic rings. The summed E-state index contributed by atoms with van der Waals surface area (Å²) < 4.78 is 2.70. The second-order valence-electron chi connectivity index (χ2n) is 12.1. The molecule has 19 heavy (non-hydrogen) atoms. The first-order valence-corrected chi connectivity index (χ1v) is 13.7. The minimum atomic E-state index is -4.03. The van der Waals surface area contributed by atoms with E-state index in [2.05, 4.69) is 34.6 Å². The predicted molar refractivity (Wildman–Crippen MR) is 67.2 cm³/mol. The van der Waals surface area contributed by atoms with E-state index in [1.165, 1.54) is 0 Å². The fraction of sp³-hybridized carbons (Fsp3) is 0.938. The summed E-state index contributed by atoms with van der Waals surface area (Å²) in [5.74, 6) is -0.315. The molecule has 0 aromatic heterocycles. The third-order valence-electron chi connectivity index (χ3n) is 20.0. The van der Waals surface area contributed by atoms with Gasteiger partial charge in [0.2, 0.25) is 0 Å². The third kappa shape index (κ3) is 0.0551. The quantitative estimate of drug-likeness (QED) is 0.707. The Morgan fingerprint density at radius 1 is 0.842 bits per heavy atom. The van der Waals surface area contributed by atoms with E-state index in [0.29, 0.717) is 21.6 Å². The van der Waals surface area contributed by atoms with Crippen LogP contribution in [-0.2, 0) is 11.3 Å². The van der Waals surface area contributed by atoms with E-state index in [1.54, 1.807) is 0 Å². The molecule has 4 unspecified atom stereocenters. The monoisotopic (exact) mass is 300 g/mol. The summed E-state index contributed by atoms with van der Waals surface area (Å²) in [6, 6.07) is 0. The van der Waals surface area contributed by atoms with E-state index in [9.17, 15) is 9.90 Å². The van der Waals surface area contributed by atoms with Gasteiger partial charge in [-0.1, -0.05) is 0 Å². The summed E-state index contributed by atoms with van der Waals surface area (Å²) in [4.78, 5) is 16.1. The van der Waals surface area contributed by atoms with Crippen LogP contribution < -0.4 is 0 Å². The Morgan fingerprint density at radius 2 is 1.16 bits per heavy atom. The van der Waals surface area contributed by atoms with E-state index in [4.69, 9.17) is 0 Å². The fourth-order valence-corrected chi connectivity index (χ4v) is 113. The van der Waals surface area contributed by atoms with Gasteiger partial charge in [0.15, 0.2) is 0 Å². The third-order valence-corrected chi connectivity index (χ3v) is 70.8. The van der Waals surface area contributed by atoms with Crippen molar-refractivity contribution in [3.63, 3.8) is 0 Å². The van der Waals surface area contributed by atoms with E-state index < -0.39 is 6.51 Å². The molecule has 10 aliphatic rings. The molecule has 10 heterocycles. The zero-order chi connectivity index (χ0) is 13.2. The molecule has 0 saturated carbocycles. The molecular formula is C16H20FeO2. The first kappa shape index (κ1) is 7.84. The second kappa shape index (κ2) is 0.564. The van der Waals surface area contributed by atoms with Crippen molar-refractivity contribution in [3.05, 3.63) is 0 Å². The minimum absolute atomic E-state index is 0.0779. The van der Waals surface area contributed by atoms with E-state index in [1.807, 2.05) is 0 Å². The number of hydrogen-bond donors (Lipinski definition) is 1. The van der Waals surface area contributed by atoms with Gasteiger partial charge in [-0.3, -0.25) is 0 Å². The fourth-order valence-electron chi connectivity index (χ4n) is 24.3. The van der Waals surface area contributed by atoms with Crippen LogP contribution in [0, 0.1) is 0 Å². The van der Waals surface area contributed by atoms with Crippen LogP contribution >= 0.6 is 0 Å². The van der Waals surface area contributed by atoms with Crippen LogP contribution in [0.3, 0.4) is 0 Å². The molecule has 1 N–H and O–H groups in total. The standard InChI is InChI=1S/C10H15.C6H5O2.Fe/c1-6-7(2)9(4)10(5)8(6)3;7-6(8)5-3-1-2-4-5;/h1-5H3;1-4H,(H,7,8);. The van der Waals surface area contributed by atoms with Crippen LogP contribution in [0.1, 0.15) is 34.6 Å². The molecule has 104 valence electrons. The van der Waals surface area contributed by atoms with E-state index >= 15 is 0 Å². The Labute approximate surface area is 102 Å². The summed E-state index contributed by atoms with van der Waals surface area (Å²) in [6.45, 7) is 9.04. The maximum absolute atomic E-state index is 12.5. The van der Waals surface area contributed by atoms with Crippen LogP contribution in [0.25, 0.3) is 0 Å². The van der Waals surface area contributed by atoms with Crippen LogP contribution in [0.5, 0.6) is 0 Å². The number of fused-ring (bicyclic) bond motifs is 10. The van der Waals surface area contributed by atoms with Gasteiger partial charge in [0.05, 0.1) is 0 Å². The van der Waals surface area contributed by atoms with Crippen molar-refractivity contribution in [3.8, 4) is 0 Å². The number of hydrogen-bond acceptors (Lipinski definition) is 1. The molecule has 0 radical (unpaired) electrons. The van der Waals surface area contributed by atoms with Crippen molar-refractivity contribution in [1.29, 1.82) is 0 Å². The van der Waals surface area contributed by atoms with Crippen LogP contribution in [0.4, 0.5) is 0 Å². The molecule has 2 nitrogen and oxygen atoms in total. The van der Waals surface area contributed by atoms with Gasteiger partial charge in [0.25, 0.3) is 0 Å². The van der Waals surface area contributed by atoms with Crippen LogP contribution in [0.2, 0.25) is 45.1 Å². The molecule has 10 aliphatic heterocycles. The summed E-state index contributed by atoms with van der Waals surface area (Å²) in [7, 11) is 0. The number of rotatable bonds is 1. The Hall–Kier alpha value is -0.0105. The van der Waals surface area contributed by atoms with E-state index in [-0.39, 0.29) is 10.3 Å². The Morgan fingerprint density at radius 3 is 1.21 bits per heavy atom. The van der Waals surface area contributed by atoms with Crippen molar-refractivity contribution in [1.82, 2.24) is 0 Å². The van der Waals surface area contributed by atoms with Gasteiger partial charge in [-0.15, -0.1) is 0 Å². The molecule has 0 aliphatic carbocycles. The summed E-state index contributed by atoms with van der Waals surface area (Å²) >= 11 is 0. The zero-order valence-electron chi connectivity index (χ0n) is 12.0. The molecular weight excluding hydrogens is 280 g/mol. The van der Waals surface area contributed by atoms with Gasteiger partial charge in [0, 0.05) is 0 Å². The number of aliphatic carboxylic acids is 1. The topological polar surface area (TPSA) is 37.3 Å². The first-order valence-electron chi connectivity index (χ1n) is 7.88. The Balaban J connectivity index is 1.85. The first-order chi connectivity index (χ1) is 8.45. The Bertz CT molecular complexity index is 1090. The van der Waals surface area contributed by atoms with Crippen molar-refractivity contribution in [2.75, 3.05) is 0 Å². The van der Waals surface area contributed by atoms with E-state index in [0.717, 1.165) is 19.3 Å². The van der Waals surface area contributed by atoms with Gasteiger partial charge in [-0.2, -0.15) is 0 Å². The van der Waals surface area contributed by atoms with Crippen molar-refractivity contribution >= 4 is 5.97 Å². The van der Waals surface area contributed by atoms with Crippen molar-refractivity contribution in [2.24, 2.45) is 0 Å². The van der Waals surface area contributed by atoms with Crippen LogP contribution in [-0.4, -0.2) is 11.1 Å². The van der Waals surface area contributed by atoms with Gasteiger partial charge >= 0.3 is 102 Å². The van der Waals surface area contributed by atoms with Gasteiger partial charge < -0.3 is 0 Å². The maximum atomic E-state index is 12.5. The van der Waals surface area contributed by atoms with Crippen LogP contribution in [0.15, 0.2) is 0 Å². The molecule has 4 atom stereocenters. The summed E-state index contributed by atoms with van der Waals surface area (Å²) in [5.41, 5.74) is 0. The molecule has 3 heteroatoms. The summed E-state index contributed by atoms with van der Waals surface area (Å²) in [5, 5.41) is 10.3. The molecule has 0 aromatic carbocycles. The molecule has 10 saturated heterocycles. The van der Waals surface area contributed by atoms with Crippen molar-refractivity contribution < 1.29 is 16.4 Å². The zero-order valence-corrected chi connectivity index (χ0v) is 13.1. The molecule has 10 fully saturated rings. The van der Waals surface area contributed by atoms with Crippen molar-refractivity contribution in [2.45, 2.75) is 79.8 Å².